The molecule has 18 heavy (non-hydrogen) atoms. The molecule has 94 valence electrons. The average Bonchev–Trinajstić information content (AvgIpc) is 2.32. The van der Waals surface area contributed by atoms with Gasteiger partial charge in [-0.05, 0) is 68.9 Å². The maximum atomic E-state index is 9.66. The number of phenols is 2. The van der Waals surface area contributed by atoms with Crippen molar-refractivity contribution < 1.29 is 10.2 Å². The third-order valence-corrected chi connectivity index (χ3v) is 4.80. The zero-order valence-corrected chi connectivity index (χ0v) is 13.1. The molecule has 0 aromatic heterocycles. The van der Waals surface area contributed by atoms with Crippen molar-refractivity contribution in [2.75, 3.05) is 5.32 Å². The van der Waals surface area contributed by atoms with Crippen molar-refractivity contribution in [2.24, 2.45) is 0 Å². The molecule has 2 aromatic rings. The number of phenolic OH excluding ortho intramolecular Hbond substituents is 2. The summed E-state index contributed by atoms with van der Waals surface area (Å²) in [7, 11) is 0. The van der Waals surface area contributed by atoms with Crippen molar-refractivity contribution >= 4 is 44.2 Å². The Labute approximate surface area is 127 Å². The van der Waals surface area contributed by atoms with E-state index in [2.05, 4.69) is 43.8 Å². The highest BCUT2D eigenvalue weighted by atomic mass is 127. The molecule has 2 aromatic carbocycles. The second-order valence-electron chi connectivity index (χ2n) is 3.80. The molecular weight excluding hydrogens is 409 g/mol. The van der Waals surface area contributed by atoms with Gasteiger partial charge in [-0.3, -0.25) is 0 Å². The van der Waals surface area contributed by atoms with Crippen LogP contribution in [0.5, 0.6) is 11.5 Å². The summed E-state index contributed by atoms with van der Waals surface area (Å²) < 4.78 is 2.17. The van der Waals surface area contributed by atoms with Crippen molar-refractivity contribution in [1.82, 2.24) is 0 Å². The van der Waals surface area contributed by atoms with Gasteiger partial charge in [-0.2, -0.15) is 0 Å². The summed E-state index contributed by atoms with van der Waals surface area (Å²) in [6.45, 7) is 0.504. The molecule has 0 aliphatic carbocycles. The molecule has 0 aliphatic heterocycles. The van der Waals surface area contributed by atoms with Crippen molar-refractivity contribution in [2.45, 2.75) is 6.54 Å². The van der Waals surface area contributed by atoms with E-state index in [1.54, 1.807) is 12.1 Å². The van der Waals surface area contributed by atoms with E-state index in [1.807, 2.05) is 18.2 Å². The van der Waals surface area contributed by atoms with Gasteiger partial charge in [0, 0.05) is 31.9 Å². The Kier molecular flexibility index (Phi) is 4.34. The number of hydrogen-bond acceptors (Lipinski definition) is 3. The van der Waals surface area contributed by atoms with Crippen molar-refractivity contribution in [3.8, 4) is 11.5 Å². The lowest BCUT2D eigenvalue weighted by molar-refractivity contribution is 0.446. The van der Waals surface area contributed by atoms with E-state index in [0.717, 1.165) is 19.3 Å². The Hall–Kier alpha value is -0.950. The monoisotopic (exact) mass is 419 g/mol. The first-order valence-electron chi connectivity index (χ1n) is 5.26. The molecule has 0 radical (unpaired) electrons. The van der Waals surface area contributed by atoms with E-state index in [1.165, 1.54) is 6.07 Å². The standard InChI is InChI=1S/C13H11BrINO2/c14-11-4-2-9(5-12(11)15)16-7-8-1-3-10(17)6-13(8)18/h1-6,16-18H,7H2. The lowest BCUT2D eigenvalue weighted by Crippen LogP contribution is -1.99. The molecular formula is C13H11BrINO2. The molecule has 0 fully saturated rings. The van der Waals surface area contributed by atoms with Crippen LogP contribution in [0.4, 0.5) is 5.69 Å². The van der Waals surface area contributed by atoms with Crippen molar-refractivity contribution in [3.63, 3.8) is 0 Å². The van der Waals surface area contributed by atoms with Gasteiger partial charge in [0.2, 0.25) is 0 Å². The minimum Gasteiger partial charge on any atom is -0.508 e. The van der Waals surface area contributed by atoms with Crippen molar-refractivity contribution in [3.05, 3.63) is 50.0 Å². The van der Waals surface area contributed by atoms with Gasteiger partial charge in [0.1, 0.15) is 11.5 Å². The first-order valence-corrected chi connectivity index (χ1v) is 7.13. The Morgan fingerprint density at radius 2 is 1.89 bits per heavy atom. The molecule has 0 amide bonds. The molecule has 0 saturated heterocycles. The van der Waals surface area contributed by atoms with E-state index >= 15 is 0 Å². The molecule has 0 atom stereocenters. The summed E-state index contributed by atoms with van der Waals surface area (Å²) in [4.78, 5) is 0. The molecule has 3 N–H and O–H groups in total. The summed E-state index contributed by atoms with van der Waals surface area (Å²) in [6, 6.07) is 10.5. The van der Waals surface area contributed by atoms with Crippen LogP contribution in [0.1, 0.15) is 5.56 Å². The number of hydrogen-bond donors (Lipinski definition) is 3. The van der Waals surface area contributed by atoms with E-state index in [-0.39, 0.29) is 11.5 Å². The number of anilines is 1. The Balaban J connectivity index is 2.09. The largest absolute Gasteiger partial charge is 0.508 e. The second kappa shape index (κ2) is 5.79. The van der Waals surface area contributed by atoms with Gasteiger partial charge >= 0.3 is 0 Å². The fraction of sp³-hybridized carbons (Fsp3) is 0.0769. The quantitative estimate of drug-likeness (QED) is 0.657. The van der Waals surface area contributed by atoms with E-state index < -0.39 is 0 Å². The zero-order chi connectivity index (χ0) is 13.1. The molecule has 3 nitrogen and oxygen atoms in total. The SMILES string of the molecule is Oc1ccc(CNc2ccc(Br)c(I)c2)c(O)c1. The van der Waals surface area contributed by atoms with E-state index in [9.17, 15) is 10.2 Å². The lowest BCUT2D eigenvalue weighted by atomic mass is 10.2. The average molecular weight is 420 g/mol. The molecule has 0 bridgehead atoms. The molecule has 0 heterocycles. The predicted molar refractivity (Wildman–Crippen MR) is 84.0 cm³/mol. The van der Waals surface area contributed by atoms with Crippen LogP contribution in [-0.2, 0) is 6.54 Å². The van der Waals surface area contributed by atoms with E-state index in [4.69, 9.17) is 0 Å². The molecule has 2 rings (SSSR count). The second-order valence-corrected chi connectivity index (χ2v) is 5.81. The first kappa shape index (κ1) is 13.5. The molecule has 0 saturated carbocycles. The smallest absolute Gasteiger partial charge is 0.124 e. The van der Waals surface area contributed by atoms with Crippen LogP contribution < -0.4 is 5.32 Å². The number of aromatic hydroxyl groups is 2. The van der Waals surface area contributed by atoms with E-state index in [0.29, 0.717) is 6.54 Å². The van der Waals surface area contributed by atoms with Crippen molar-refractivity contribution in [1.29, 1.82) is 0 Å². The highest BCUT2D eigenvalue weighted by Crippen LogP contribution is 2.25. The maximum Gasteiger partial charge on any atom is 0.124 e. The van der Waals surface area contributed by atoms with Crippen LogP contribution in [-0.4, -0.2) is 10.2 Å². The molecule has 0 spiro atoms. The van der Waals surface area contributed by atoms with Gasteiger partial charge in [-0.1, -0.05) is 0 Å². The molecule has 5 heteroatoms. The van der Waals surface area contributed by atoms with Crippen LogP contribution in [0, 0.1) is 3.57 Å². The summed E-state index contributed by atoms with van der Waals surface area (Å²) in [5.41, 5.74) is 1.72. The Morgan fingerprint density at radius 3 is 2.56 bits per heavy atom. The van der Waals surface area contributed by atoms with Gasteiger partial charge in [-0.15, -0.1) is 0 Å². The highest BCUT2D eigenvalue weighted by Gasteiger charge is 2.03. The third-order valence-electron chi connectivity index (χ3n) is 2.47. The number of benzene rings is 2. The topological polar surface area (TPSA) is 52.5 Å². The van der Waals surface area contributed by atoms with Crippen LogP contribution in [0.3, 0.4) is 0 Å². The minimum absolute atomic E-state index is 0.0643. The zero-order valence-electron chi connectivity index (χ0n) is 9.32. The Morgan fingerprint density at radius 1 is 1.11 bits per heavy atom. The fourth-order valence-corrected chi connectivity index (χ4v) is 2.27. The molecule has 0 aliphatic rings. The summed E-state index contributed by atoms with van der Waals surface area (Å²) in [6.07, 6.45) is 0. The highest BCUT2D eigenvalue weighted by molar-refractivity contribution is 14.1. The van der Waals surface area contributed by atoms with Gasteiger partial charge in [0.25, 0.3) is 0 Å². The van der Waals surface area contributed by atoms with Crippen LogP contribution >= 0.6 is 38.5 Å². The van der Waals surface area contributed by atoms with Crippen LogP contribution in [0.25, 0.3) is 0 Å². The third kappa shape index (κ3) is 3.29. The fourth-order valence-electron chi connectivity index (χ4n) is 1.51. The van der Waals surface area contributed by atoms with Crippen LogP contribution in [0.2, 0.25) is 0 Å². The lowest BCUT2D eigenvalue weighted by Gasteiger charge is -2.09. The normalized spacial score (nSPS) is 10.3. The Bertz CT molecular complexity index is 575. The summed E-state index contributed by atoms with van der Waals surface area (Å²) in [5, 5.41) is 22.1. The summed E-state index contributed by atoms with van der Waals surface area (Å²) >= 11 is 5.69. The minimum atomic E-state index is 0.0643. The maximum absolute atomic E-state index is 9.66. The van der Waals surface area contributed by atoms with Gasteiger partial charge in [-0.25, -0.2) is 0 Å². The number of halogens is 2. The van der Waals surface area contributed by atoms with Gasteiger partial charge in [0.15, 0.2) is 0 Å². The predicted octanol–water partition coefficient (Wildman–Crippen LogP) is 4.08. The summed E-state index contributed by atoms with van der Waals surface area (Å²) in [5.74, 6) is 0.156. The number of rotatable bonds is 3. The number of nitrogens with one attached hydrogen (secondary N) is 1. The van der Waals surface area contributed by atoms with Crippen LogP contribution in [0.15, 0.2) is 40.9 Å². The first-order chi connectivity index (χ1) is 8.56. The van der Waals surface area contributed by atoms with Gasteiger partial charge < -0.3 is 15.5 Å². The molecule has 0 unspecified atom stereocenters. The van der Waals surface area contributed by atoms with Gasteiger partial charge in [0.05, 0.1) is 0 Å².